The SMILES string of the molecule is Cc1ccc(-n2c(NC(=O)CSc3ncn[nH]3)cc(=O)[nH]c2=O)cc1. The van der Waals surface area contributed by atoms with Crippen LogP contribution >= 0.6 is 11.8 Å². The fourth-order valence-electron chi connectivity index (χ4n) is 2.11. The second-order valence-corrected chi connectivity index (χ2v) is 6.09. The molecule has 1 aromatic carbocycles. The number of aromatic amines is 2. The van der Waals surface area contributed by atoms with Gasteiger partial charge in [0.1, 0.15) is 12.1 Å². The van der Waals surface area contributed by atoms with Crippen LogP contribution in [0.1, 0.15) is 5.56 Å². The highest BCUT2D eigenvalue weighted by Crippen LogP contribution is 2.14. The van der Waals surface area contributed by atoms with Gasteiger partial charge in [0, 0.05) is 6.07 Å². The van der Waals surface area contributed by atoms with Gasteiger partial charge in [0.05, 0.1) is 11.4 Å². The van der Waals surface area contributed by atoms with Crippen molar-refractivity contribution in [3.8, 4) is 5.69 Å². The van der Waals surface area contributed by atoms with Crippen LogP contribution in [0.25, 0.3) is 5.69 Å². The van der Waals surface area contributed by atoms with Crippen molar-refractivity contribution in [2.75, 3.05) is 11.1 Å². The zero-order valence-electron chi connectivity index (χ0n) is 13.1. The lowest BCUT2D eigenvalue weighted by atomic mass is 10.2. The Kier molecular flexibility index (Phi) is 4.80. The van der Waals surface area contributed by atoms with Crippen molar-refractivity contribution in [3.63, 3.8) is 0 Å². The molecule has 0 saturated carbocycles. The van der Waals surface area contributed by atoms with E-state index in [4.69, 9.17) is 0 Å². The maximum Gasteiger partial charge on any atom is 0.334 e. The Balaban J connectivity index is 1.87. The molecule has 0 unspecified atom stereocenters. The number of anilines is 1. The Morgan fingerprint density at radius 1 is 1.28 bits per heavy atom. The van der Waals surface area contributed by atoms with Crippen LogP contribution in [0, 0.1) is 6.92 Å². The Labute approximate surface area is 145 Å². The summed E-state index contributed by atoms with van der Waals surface area (Å²) in [5.74, 6) is -0.239. The fourth-order valence-corrected chi connectivity index (χ4v) is 2.69. The van der Waals surface area contributed by atoms with Gasteiger partial charge in [-0.25, -0.2) is 14.3 Å². The molecule has 128 valence electrons. The van der Waals surface area contributed by atoms with Crippen LogP contribution in [-0.2, 0) is 4.79 Å². The molecule has 0 aliphatic rings. The molecular formula is C15H14N6O3S. The number of carbonyl (C=O) groups is 1. The first kappa shape index (κ1) is 16.7. The highest BCUT2D eigenvalue weighted by molar-refractivity contribution is 7.99. The first-order valence-electron chi connectivity index (χ1n) is 7.24. The van der Waals surface area contributed by atoms with Crippen LogP contribution in [0.5, 0.6) is 0 Å². The van der Waals surface area contributed by atoms with Crippen molar-refractivity contribution in [2.45, 2.75) is 12.1 Å². The highest BCUT2D eigenvalue weighted by Gasteiger charge is 2.12. The van der Waals surface area contributed by atoms with Crippen molar-refractivity contribution in [1.82, 2.24) is 24.7 Å². The second kappa shape index (κ2) is 7.18. The highest BCUT2D eigenvalue weighted by atomic mass is 32.2. The number of nitrogens with zero attached hydrogens (tertiary/aromatic N) is 3. The molecule has 3 N–H and O–H groups in total. The summed E-state index contributed by atoms with van der Waals surface area (Å²) >= 11 is 1.15. The number of aromatic nitrogens is 5. The molecule has 25 heavy (non-hydrogen) atoms. The van der Waals surface area contributed by atoms with Crippen LogP contribution in [0.4, 0.5) is 5.82 Å². The van der Waals surface area contributed by atoms with Gasteiger partial charge in [0.15, 0.2) is 5.16 Å². The molecule has 0 spiro atoms. The van der Waals surface area contributed by atoms with E-state index in [-0.39, 0.29) is 17.5 Å². The molecule has 0 atom stereocenters. The molecule has 3 rings (SSSR count). The Bertz CT molecular complexity index is 991. The number of carbonyl (C=O) groups excluding carboxylic acids is 1. The van der Waals surface area contributed by atoms with Gasteiger partial charge >= 0.3 is 5.69 Å². The third-order valence-corrected chi connectivity index (χ3v) is 4.11. The molecule has 2 heterocycles. The molecule has 0 aliphatic heterocycles. The maximum atomic E-state index is 12.2. The summed E-state index contributed by atoms with van der Waals surface area (Å²) in [6, 6.07) is 8.29. The van der Waals surface area contributed by atoms with Gasteiger partial charge < -0.3 is 5.32 Å². The van der Waals surface area contributed by atoms with E-state index in [1.807, 2.05) is 19.1 Å². The first-order valence-corrected chi connectivity index (χ1v) is 8.23. The van der Waals surface area contributed by atoms with Crippen LogP contribution in [0.15, 0.2) is 51.4 Å². The normalized spacial score (nSPS) is 10.6. The minimum Gasteiger partial charge on any atom is -0.311 e. The molecule has 0 fully saturated rings. The average molecular weight is 358 g/mol. The maximum absolute atomic E-state index is 12.2. The number of hydrogen-bond acceptors (Lipinski definition) is 6. The third kappa shape index (κ3) is 4.04. The summed E-state index contributed by atoms with van der Waals surface area (Å²) in [6.07, 6.45) is 1.34. The second-order valence-electron chi connectivity index (χ2n) is 5.12. The van der Waals surface area contributed by atoms with Gasteiger partial charge in [0.25, 0.3) is 5.56 Å². The molecule has 0 bridgehead atoms. The van der Waals surface area contributed by atoms with Crippen molar-refractivity contribution < 1.29 is 4.79 Å². The van der Waals surface area contributed by atoms with Gasteiger partial charge in [-0.15, -0.1) is 0 Å². The van der Waals surface area contributed by atoms with Crippen molar-refractivity contribution in [2.24, 2.45) is 0 Å². The zero-order valence-corrected chi connectivity index (χ0v) is 14.0. The predicted molar refractivity (Wildman–Crippen MR) is 93.1 cm³/mol. The molecular weight excluding hydrogens is 344 g/mol. The van der Waals surface area contributed by atoms with Gasteiger partial charge in [0.2, 0.25) is 5.91 Å². The minimum atomic E-state index is -0.630. The molecule has 9 nitrogen and oxygen atoms in total. The largest absolute Gasteiger partial charge is 0.334 e. The fraction of sp³-hybridized carbons (Fsp3) is 0.133. The summed E-state index contributed by atoms with van der Waals surface area (Å²) in [5, 5.41) is 9.40. The lowest BCUT2D eigenvalue weighted by molar-refractivity contribution is -0.113. The standard InChI is InChI=1S/C15H14N6O3S/c1-9-2-4-10(5-3-9)21-11(6-12(22)19-15(21)24)18-13(23)7-25-14-16-8-17-20-14/h2-6,8H,7H2,1H3,(H,18,23)(H,16,17,20)(H,19,22,24). The molecule has 0 radical (unpaired) electrons. The van der Waals surface area contributed by atoms with Gasteiger partial charge in [-0.3, -0.25) is 19.7 Å². The van der Waals surface area contributed by atoms with Crippen LogP contribution < -0.4 is 16.6 Å². The molecule has 0 saturated heterocycles. The summed E-state index contributed by atoms with van der Waals surface area (Å²) in [6.45, 7) is 1.92. The Morgan fingerprint density at radius 2 is 2.04 bits per heavy atom. The van der Waals surface area contributed by atoms with E-state index in [0.717, 1.165) is 23.4 Å². The molecule has 1 amide bonds. The monoisotopic (exact) mass is 358 g/mol. The molecule has 3 aromatic rings. The first-order chi connectivity index (χ1) is 12.0. The van der Waals surface area contributed by atoms with Crippen molar-refractivity contribution in [1.29, 1.82) is 0 Å². The Morgan fingerprint density at radius 3 is 2.72 bits per heavy atom. The summed E-state index contributed by atoms with van der Waals surface area (Å²) in [7, 11) is 0. The van der Waals surface area contributed by atoms with Crippen molar-refractivity contribution in [3.05, 3.63) is 63.1 Å². The average Bonchev–Trinajstić information content (AvgIpc) is 3.07. The lowest BCUT2D eigenvalue weighted by Crippen LogP contribution is -2.32. The number of nitrogens with one attached hydrogen (secondary N) is 3. The van der Waals surface area contributed by atoms with Crippen LogP contribution in [-0.4, -0.2) is 36.4 Å². The van der Waals surface area contributed by atoms with E-state index in [9.17, 15) is 14.4 Å². The topological polar surface area (TPSA) is 126 Å². The lowest BCUT2D eigenvalue weighted by Gasteiger charge is -2.13. The molecule has 0 aliphatic carbocycles. The smallest absolute Gasteiger partial charge is 0.311 e. The van der Waals surface area contributed by atoms with Crippen LogP contribution in [0.3, 0.4) is 0 Å². The number of rotatable bonds is 5. The van der Waals surface area contributed by atoms with Gasteiger partial charge in [-0.1, -0.05) is 29.5 Å². The van der Waals surface area contributed by atoms with E-state index < -0.39 is 11.2 Å². The van der Waals surface area contributed by atoms with E-state index in [2.05, 4.69) is 25.5 Å². The summed E-state index contributed by atoms with van der Waals surface area (Å²) in [5.41, 5.74) is 0.335. The zero-order chi connectivity index (χ0) is 17.8. The number of aryl methyl sites for hydroxylation is 1. The number of hydrogen-bond donors (Lipinski definition) is 3. The number of H-pyrrole nitrogens is 2. The quantitative estimate of drug-likeness (QED) is 0.576. The summed E-state index contributed by atoms with van der Waals surface area (Å²) in [4.78, 5) is 42.1. The van der Waals surface area contributed by atoms with E-state index in [0.29, 0.717) is 10.8 Å². The van der Waals surface area contributed by atoms with E-state index in [1.165, 1.54) is 10.9 Å². The van der Waals surface area contributed by atoms with Crippen LogP contribution in [0.2, 0.25) is 0 Å². The van der Waals surface area contributed by atoms with Gasteiger partial charge in [-0.2, -0.15) is 5.10 Å². The molecule has 2 aromatic heterocycles. The van der Waals surface area contributed by atoms with E-state index >= 15 is 0 Å². The third-order valence-electron chi connectivity index (χ3n) is 3.23. The number of amides is 1. The predicted octanol–water partition coefficient (Wildman–Crippen LogP) is 0.683. The van der Waals surface area contributed by atoms with E-state index in [1.54, 1.807) is 12.1 Å². The minimum absolute atomic E-state index is 0.0457. The molecule has 10 heteroatoms. The Hall–Kier alpha value is -3.14. The number of thioether (sulfide) groups is 1. The number of benzene rings is 1. The van der Waals surface area contributed by atoms with Crippen molar-refractivity contribution >= 4 is 23.5 Å². The summed E-state index contributed by atoms with van der Waals surface area (Å²) < 4.78 is 1.23. The van der Waals surface area contributed by atoms with Gasteiger partial charge in [-0.05, 0) is 19.1 Å².